The Labute approximate surface area is 108 Å². The maximum atomic E-state index is 11.5. The van der Waals surface area contributed by atoms with Gasteiger partial charge in [-0.25, -0.2) is 9.59 Å². The quantitative estimate of drug-likeness (QED) is 0.647. The van der Waals surface area contributed by atoms with Crippen molar-refractivity contribution in [1.29, 1.82) is 0 Å². The van der Waals surface area contributed by atoms with E-state index in [1.807, 2.05) is 0 Å². The van der Waals surface area contributed by atoms with Crippen molar-refractivity contribution in [3.8, 4) is 0 Å². The molecule has 1 fully saturated rings. The van der Waals surface area contributed by atoms with Gasteiger partial charge in [0.2, 0.25) is 0 Å². The van der Waals surface area contributed by atoms with Crippen molar-refractivity contribution in [2.24, 2.45) is 5.92 Å². The first-order chi connectivity index (χ1) is 8.56. The number of carbonyl (C=O) groups is 2. The van der Waals surface area contributed by atoms with Crippen molar-refractivity contribution in [3.05, 3.63) is 0 Å². The van der Waals surface area contributed by atoms with Crippen LogP contribution >= 0.6 is 0 Å². The number of carbonyl (C=O) groups excluding carboxylic acids is 1. The summed E-state index contributed by atoms with van der Waals surface area (Å²) >= 11 is 0. The molecule has 0 saturated carbocycles. The third kappa shape index (κ3) is 4.52. The Bertz CT molecular complexity index is 296. The lowest BCUT2D eigenvalue weighted by Crippen LogP contribution is -2.46. The predicted octanol–water partition coefficient (Wildman–Crippen LogP) is 0.491. The number of likely N-dealkylation sites (tertiary alicyclic amines) is 1. The Morgan fingerprint density at radius 2 is 2.17 bits per heavy atom. The first-order valence-corrected chi connectivity index (χ1v) is 6.56. The van der Waals surface area contributed by atoms with E-state index in [0.717, 1.165) is 26.1 Å². The van der Waals surface area contributed by atoms with E-state index in [0.29, 0.717) is 18.9 Å². The largest absolute Gasteiger partial charge is 0.480 e. The molecule has 1 saturated heterocycles. The maximum Gasteiger partial charge on any atom is 0.326 e. The molecule has 0 aliphatic carbocycles. The van der Waals surface area contributed by atoms with Crippen molar-refractivity contribution >= 4 is 12.0 Å². The Morgan fingerprint density at radius 3 is 2.67 bits per heavy atom. The monoisotopic (exact) mass is 257 g/mol. The number of aliphatic carboxylic acids is 1. The third-order valence-corrected chi connectivity index (χ3v) is 3.38. The highest BCUT2D eigenvalue weighted by molar-refractivity contribution is 5.82. The van der Waals surface area contributed by atoms with Gasteiger partial charge in [0.05, 0.1) is 0 Å². The number of nitrogens with zero attached hydrogens (tertiary/aromatic N) is 1. The van der Waals surface area contributed by atoms with E-state index in [2.05, 4.69) is 22.5 Å². The summed E-state index contributed by atoms with van der Waals surface area (Å²) in [4.78, 5) is 24.6. The van der Waals surface area contributed by atoms with Gasteiger partial charge >= 0.3 is 12.0 Å². The molecule has 0 aromatic rings. The second-order valence-corrected chi connectivity index (χ2v) is 4.70. The molecule has 6 nitrogen and oxygen atoms in total. The van der Waals surface area contributed by atoms with Crippen LogP contribution in [0.4, 0.5) is 4.79 Å². The van der Waals surface area contributed by atoms with Gasteiger partial charge in [-0.2, -0.15) is 0 Å². The summed E-state index contributed by atoms with van der Waals surface area (Å²) in [5.41, 5.74) is 0. The van der Waals surface area contributed by atoms with E-state index in [4.69, 9.17) is 5.11 Å². The lowest BCUT2D eigenvalue weighted by atomic mass is 10.1. The van der Waals surface area contributed by atoms with Gasteiger partial charge in [0.15, 0.2) is 0 Å². The number of hydrogen-bond donors (Lipinski definition) is 3. The summed E-state index contributed by atoms with van der Waals surface area (Å²) in [7, 11) is 0. The van der Waals surface area contributed by atoms with Crippen LogP contribution in [0.25, 0.3) is 0 Å². The van der Waals surface area contributed by atoms with Crippen LogP contribution in [-0.2, 0) is 4.79 Å². The number of amides is 2. The minimum absolute atomic E-state index is 0.385. The first-order valence-electron chi connectivity index (χ1n) is 6.56. The zero-order valence-electron chi connectivity index (χ0n) is 11.1. The number of hydrogen-bond acceptors (Lipinski definition) is 3. The predicted molar refractivity (Wildman–Crippen MR) is 68.5 cm³/mol. The van der Waals surface area contributed by atoms with Crippen LogP contribution in [0.3, 0.4) is 0 Å². The topological polar surface area (TPSA) is 81.7 Å². The molecule has 18 heavy (non-hydrogen) atoms. The second-order valence-electron chi connectivity index (χ2n) is 4.70. The summed E-state index contributed by atoms with van der Waals surface area (Å²) in [6.07, 6.45) is 1.47. The number of rotatable bonds is 6. The Morgan fingerprint density at radius 1 is 1.44 bits per heavy atom. The molecule has 0 radical (unpaired) electrons. The fraction of sp³-hybridized carbons (Fsp3) is 0.833. The summed E-state index contributed by atoms with van der Waals surface area (Å²) in [5, 5.41) is 14.0. The van der Waals surface area contributed by atoms with E-state index in [-0.39, 0.29) is 6.03 Å². The Hall–Kier alpha value is -1.30. The fourth-order valence-corrected chi connectivity index (χ4v) is 2.15. The highest BCUT2D eigenvalue weighted by atomic mass is 16.4. The van der Waals surface area contributed by atoms with Crippen LogP contribution < -0.4 is 10.6 Å². The van der Waals surface area contributed by atoms with Gasteiger partial charge in [-0.05, 0) is 31.8 Å². The minimum Gasteiger partial charge on any atom is -0.480 e. The zero-order chi connectivity index (χ0) is 13.5. The molecule has 1 heterocycles. The van der Waals surface area contributed by atoms with Gasteiger partial charge in [0.1, 0.15) is 6.04 Å². The average Bonchev–Trinajstić information content (AvgIpc) is 2.81. The van der Waals surface area contributed by atoms with Gasteiger partial charge in [-0.15, -0.1) is 0 Å². The van der Waals surface area contributed by atoms with E-state index in [9.17, 15) is 9.59 Å². The molecule has 1 aliphatic rings. The molecule has 6 heteroatoms. The van der Waals surface area contributed by atoms with Gasteiger partial charge in [-0.1, -0.05) is 13.8 Å². The summed E-state index contributed by atoms with van der Waals surface area (Å²) in [6, 6.07) is -1.19. The fourth-order valence-electron chi connectivity index (χ4n) is 2.15. The van der Waals surface area contributed by atoms with Crippen LogP contribution in [0.5, 0.6) is 0 Å². The zero-order valence-corrected chi connectivity index (χ0v) is 11.1. The van der Waals surface area contributed by atoms with Gasteiger partial charge in [0.25, 0.3) is 0 Å². The smallest absolute Gasteiger partial charge is 0.326 e. The molecule has 3 N–H and O–H groups in total. The maximum absolute atomic E-state index is 11.5. The summed E-state index contributed by atoms with van der Waals surface area (Å²) < 4.78 is 0. The van der Waals surface area contributed by atoms with Crippen LogP contribution in [0.15, 0.2) is 0 Å². The Balaban J connectivity index is 2.23. The van der Waals surface area contributed by atoms with Crippen LogP contribution in [0.2, 0.25) is 0 Å². The standard InChI is InChI=1S/C12H23N3O3/c1-3-10(11(16)17)14-12(18)13-7-9-5-6-15(4-2)8-9/h9-10H,3-8H2,1-2H3,(H,16,17)(H2,13,14,18)/t9?,10-/m1/s1. The molecule has 1 aliphatic heterocycles. The molecular weight excluding hydrogens is 234 g/mol. The average molecular weight is 257 g/mol. The van der Waals surface area contributed by atoms with Gasteiger partial charge < -0.3 is 20.6 Å². The SMILES string of the molecule is CC[C@@H](NC(=O)NCC1CCN(CC)C1)C(=O)O. The van der Waals surface area contributed by atoms with Crippen molar-refractivity contribution < 1.29 is 14.7 Å². The molecular formula is C12H23N3O3. The molecule has 2 amide bonds. The van der Waals surface area contributed by atoms with Crippen LogP contribution in [0.1, 0.15) is 26.7 Å². The van der Waals surface area contributed by atoms with Crippen LogP contribution in [0, 0.1) is 5.92 Å². The van der Waals surface area contributed by atoms with E-state index < -0.39 is 12.0 Å². The van der Waals surface area contributed by atoms with Gasteiger partial charge in [-0.3, -0.25) is 0 Å². The summed E-state index contributed by atoms with van der Waals surface area (Å²) in [6.45, 7) is 7.60. The van der Waals surface area contributed by atoms with E-state index in [1.165, 1.54) is 0 Å². The normalized spacial score (nSPS) is 21.6. The van der Waals surface area contributed by atoms with Crippen molar-refractivity contribution in [2.45, 2.75) is 32.7 Å². The number of urea groups is 1. The molecule has 0 bridgehead atoms. The molecule has 2 atom stereocenters. The summed E-state index contributed by atoms with van der Waals surface area (Å²) in [5.74, 6) is -0.522. The molecule has 0 spiro atoms. The third-order valence-electron chi connectivity index (χ3n) is 3.38. The van der Waals surface area contributed by atoms with Crippen molar-refractivity contribution in [3.63, 3.8) is 0 Å². The lowest BCUT2D eigenvalue weighted by molar-refractivity contribution is -0.139. The minimum atomic E-state index is -0.995. The molecule has 1 unspecified atom stereocenters. The highest BCUT2D eigenvalue weighted by Crippen LogP contribution is 2.14. The second kappa shape index (κ2) is 7.20. The molecule has 104 valence electrons. The molecule has 0 aromatic carbocycles. The van der Waals surface area contributed by atoms with Crippen molar-refractivity contribution in [2.75, 3.05) is 26.2 Å². The van der Waals surface area contributed by atoms with Crippen molar-refractivity contribution in [1.82, 2.24) is 15.5 Å². The van der Waals surface area contributed by atoms with Gasteiger partial charge in [0, 0.05) is 13.1 Å². The Kier molecular flexibility index (Phi) is 5.91. The molecule has 1 rings (SSSR count). The first kappa shape index (κ1) is 14.8. The number of nitrogens with one attached hydrogen (secondary N) is 2. The van der Waals surface area contributed by atoms with E-state index >= 15 is 0 Å². The lowest BCUT2D eigenvalue weighted by Gasteiger charge is -2.16. The van der Waals surface area contributed by atoms with Crippen LogP contribution in [-0.4, -0.2) is 54.2 Å². The molecule has 0 aromatic heterocycles. The number of carboxylic acids is 1. The van der Waals surface area contributed by atoms with E-state index in [1.54, 1.807) is 6.92 Å². The highest BCUT2D eigenvalue weighted by Gasteiger charge is 2.22. The number of carboxylic acid groups (broad SMARTS) is 1.